The van der Waals surface area contributed by atoms with Gasteiger partial charge in [0.05, 0.1) is 6.10 Å². The lowest BCUT2D eigenvalue weighted by Crippen LogP contribution is -2.39. The second-order valence-electron chi connectivity index (χ2n) is 7.99. The molecule has 0 radical (unpaired) electrons. The zero-order chi connectivity index (χ0) is 16.4. The van der Waals surface area contributed by atoms with E-state index in [4.69, 9.17) is 14.5 Å². The van der Waals surface area contributed by atoms with Crippen molar-refractivity contribution in [3.63, 3.8) is 0 Å². The van der Waals surface area contributed by atoms with Gasteiger partial charge in [-0.15, -0.1) is 0 Å². The summed E-state index contributed by atoms with van der Waals surface area (Å²) in [5, 5.41) is 3.65. The first-order chi connectivity index (χ1) is 11.9. The van der Waals surface area contributed by atoms with Gasteiger partial charge in [-0.1, -0.05) is 19.1 Å². The largest absolute Gasteiger partial charge is 0.381 e. The van der Waals surface area contributed by atoms with Crippen molar-refractivity contribution in [2.24, 2.45) is 34.6 Å². The van der Waals surface area contributed by atoms with Crippen LogP contribution in [0.25, 0.3) is 0 Å². The van der Waals surface area contributed by atoms with E-state index in [2.05, 4.69) is 30.6 Å². The number of allylic oxidation sites excluding steroid dienone is 1. The Balaban J connectivity index is 1.45. The fourth-order valence-electron chi connectivity index (χ4n) is 5.21. The zero-order valence-corrected chi connectivity index (χ0v) is 14.9. The molecule has 24 heavy (non-hydrogen) atoms. The summed E-state index contributed by atoms with van der Waals surface area (Å²) in [6.07, 6.45) is 13.6. The van der Waals surface area contributed by atoms with Gasteiger partial charge in [-0.3, -0.25) is 10.3 Å². The minimum atomic E-state index is 0.342. The Morgan fingerprint density at radius 1 is 1.29 bits per heavy atom. The highest BCUT2D eigenvalue weighted by Crippen LogP contribution is 2.42. The lowest BCUT2D eigenvalue weighted by Gasteiger charge is -2.38. The molecule has 0 spiro atoms. The highest BCUT2D eigenvalue weighted by atomic mass is 16.5. The molecule has 1 aliphatic carbocycles. The number of nitrogens with zero attached hydrogens (tertiary/aromatic N) is 1. The highest BCUT2D eigenvalue weighted by Gasteiger charge is 2.45. The van der Waals surface area contributed by atoms with E-state index in [-0.39, 0.29) is 0 Å². The van der Waals surface area contributed by atoms with Crippen molar-refractivity contribution < 1.29 is 9.47 Å². The molecular weight excluding hydrogens is 300 g/mol. The van der Waals surface area contributed by atoms with Gasteiger partial charge < -0.3 is 9.47 Å². The quantitative estimate of drug-likeness (QED) is 0.787. The number of fused-ring (bicyclic) bond motifs is 1. The first-order valence-corrected chi connectivity index (χ1v) is 9.99. The normalized spacial score (nSPS) is 44.8. The molecule has 2 saturated heterocycles. The van der Waals surface area contributed by atoms with Crippen LogP contribution in [-0.4, -0.2) is 44.8 Å². The van der Waals surface area contributed by atoms with Gasteiger partial charge in [0.2, 0.25) is 0 Å². The number of nitrogens with one attached hydrogen (secondary N) is 1. The van der Waals surface area contributed by atoms with Crippen LogP contribution in [0.15, 0.2) is 17.1 Å². The molecule has 4 aliphatic rings. The van der Waals surface area contributed by atoms with Crippen LogP contribution in [0.3, 0.4) is 0 Å². The van der Waals surface area contributed by atoms with Crippen LogP contribution >= 0.6 is 0 Å². The molecule has 7 atom stereocenters. The molecule has 4 nitrogen and oxygen atoms in total. The summed E-state index contributed by atoms with van der Waals surface area (Å²) in [7, 11) is 0. The van der Waals surface area contributed by atoms with Crippen LogP contribution in [0.4, 0.5) is 0 Å². The Kier molecular flexibility index (Phi) is 5.35. The smallest absolute Gasteiger partial charge is 0.102 e. The van der Waals surface area contributed by atoms with E-state index < -0.39 is 0 Å². The number of hydrogen-bond donors (Lipinski definition) is 1. The minimum absolute atomic E-state index is 0.342. The summed E-state index contributed by atoms with van der Waals surface area (Å²) in [4.78, 5) is 4.92. The van der Waals surface area contributed by atoms with Crippen molar-refractivity contribution >= 4 is 6.21 Å². The van der Waals surface area contributed by atoms with E-state index in [1.807, 2.05) is 0 Å². The fourth-order valence-corrected chi connectivity index (χ4v) is 5.21. The van der Waals surface area contributed by atoms with Gasteiger partial charge in [-0.05, 0) is 49.9 Å². The summed E-state index contributed by atoms with van der Waals surface area (Å²) in [6.45, 7) is 6.09. The van der Waals surface area contributed by atoms with Gasteiger partial charge in [0.1, 0.15) is 6.17 Å². The molecule has 3 aliphatic heterocycles. The SMILES string of the molecule is CCCOC1CCC=CC1C1C=NC2NCC(C3CCOC3)C2C1. The molecule has 0 amide bonds. The van der Waals surface area contributed by atoms with Crippen LogP contribution in [0.1, 0.15) is 39.0 Å². The van der Waals surface area contributed by atoms with Crippen molar-refractivity contribution in [3.8, 4) is 0 Å². The summed E-state index contributed by atoms with van der Waals surface area (Å²) in [5.41, 5.74) is 0. The third-order valence-corrected chi connectivity index (χ3v) is 6.51. The zero-order valence-electron chi connectivity index (χ0n) is 14.9. The maximum Gasteiger partial charge on any atom is 0.102 e. The Hall–Kier alpha value is -0.710. The van der Waals surface area contributed by atoms with E-state index in [1.54, 1.807) is 0 Å². The topological polar surface area (TPSA) is 42.8 Å². The maximum absolute atomic E-state index is 6.19. The molecule has 2 fully saturated rings. The molecule has 0 aromatic rings. The second kappa shape index (κ2) is 7.67. The molecule has 3 heterocycles. The Labute approximate surface area is 146 Å². The van der Waals surface area contributed by atoms with Gasteiger partial charge in [0, 0.05) is 44.4 Å². The number of ether oxygens (including phenoxy) is 2. The third-order valence-electron chi connectivity index (χ3n) is 6.51. The van der Waals surface area contributed by atoms with E-state index in [1.165, 1.54) is 12.8 Å². The Morgan fingerprint density at radius 2 is 2.25 bits per heavy atom. The molecule has 1 N–H and O–H groups in total. The van der Waals surface area contributed by atoms with E-state index >= 15 is 0 Å². The molecule has 0 aromatic heterocycles. The minimum Gasteiger partial charge on any atom is -0.381 e. The first-order valence-electron chi connectivity index (χ1n) is 9.99. The summed E-state index contributed by atoms with van der Waals surface area (Å²) in [5.74, 6) is 3.19. The van der Waals surface area contributed by atoms with Gasteiger partial charge in [-0.2, -0.15) is 0 Å². The second-order valence-corrected chi connectivity index (χ2v) is 7.99. The van der Waals surface area contributed by atoms with Crippen LogP contribution in [0, 0.1) is 29.6 Å². The predicted octanol–water partition coefficient (Wildman–Crippen LogP) is 3.04. The van der Waals surface area contributed by atoms with Gasteiger partial charge in [0.15, 0.2) is 0 Å². The van der Waals surface area contributed by atoms with Crippen molar-refractivity contribution in [1.82, 2.24) is 5.32 Å². The highest BCUT2D eigenvalue weighted by molar-refractivity contribution is 5.63. The summed E-state index contributed by atoms with van der Waals surface area (Å²) < 4.78 is 11.8. The van der Waals surface area contributed by atoms with Crippen molar-refractivity contribution in [3.05, 3.63) is 12.2 Å². The summed E-state index contributed by atoms with van der Waals surface area (Å²) in [6, 6.07) is 0. The Morgan fingerprint density at radius 3 is 3.08 bits per heavy atom. The predicted molar refractivity (Wildman–Crippen MR) is 96.2 cm³/mol. The number of hydrogen-bond acceptors (Lipinski definition) is 4. The molecule has 7 unspecified atom stereocenters. The molecule has 4 heteroatoms. The van der Waals surface area contributed by atoms with E-state index in [0.29, 0.717) is 30.0 Å². The van der Waals surface area contributed by atoms with Crippen LogP contribution in [0.5, 0.6) is 0 Å². The lowest BCUT2D eigenvalue weighted by atomic mass is 9.72. The molecule has 134 valence electrons. The van der Waals surface area contributed by atoms with Crippen molar-refractivity contribution in [2.75, 3.05) is 26.4 Å². The fraction of sp³-hybridized carbons (Fsp3) is 0.850. The van der Waals surface area contributed by atoms with Crippen molar-refractivity contribution in [2.45, 2.75) is 51.3 Å². The van der Waals surface area contributed by atoms with Crippen molar-refractivity contribution in [1.29, 1.82) is 0 Å². The average Bonchev–Trinajstić information content (AvgIpc) is 3.28. The average molecular weight is 332 g/mol. The van der Waals surface area contributed by atoms with Gasteiger partial charge in [0.25, 0.3) is 0 Å². The monoisotopic (exact) mass is 332 g/mol. The van der Waals surface area contributed by atoms with Crippen LogP contribution in [-0.2, 0) is 9.47 Å². The van der Waals surface area contributed by atoms with Gasteiger partial charge in [-0.25, -0.2) is 0 Å². The molecule has 4 rings (SSSR count). The van der Waals surface area contributed by atoms with Crippen LogP contribution in [0.2, 0.25) is 0 Å². The van der Waals surface area contributed by atoms with E-state index in [9.17, 15) is 0 Å². The Bertz CT molecular complexity index is 472. The standard InChI is InChI=1S/C20H32N2O2/c1-2-8-24-19-6-4-3-5-16(19)15-10-17-18(14-7-9-23-13-14)12-22-20(17)21-11-15/h3,5,11,14-20,22H,2,4,6-10,12-13H2,1H3. The number of aliphatic imine (C=N–C) groups is 1. The lowest BCUT2D eigenvalue weighted by molar-refractivity contribution is 0.00414. The van der Waals surface area contributed by atoms with E-state index in [0.717, 1.165) is 57.5 Å². The molecule has 0 bridgehead atoms. The molecule has 0 aromatic carbocycles. The van der Waals surface area contributed by atoms with Gasteiger partial charge >= 0.3 is 0 Å². The van der Waals surface area contributed by atoms with Crippen LogP contribution < -0.4 is 5.32 Å². The first kappa shape index (κ1) is 16.7. The summed E-state index contributed by atoms with van der Waals surface area (Å²) >= 11 is 0. The third kappa shape index (κ3) is 3.33. The molecular formula is C20H32N2O2. The molecule has 0 saturated carbocycles. The maximum atomic E-state index is 6.19. The number of rotatable bonds is 5.